The van der Waals surface area contributed by atoms with Gasteiger partial charge in [-0.3, -0.25) is 0 Å². The van der Waals surface area contributed by atoms with Crippen LogP contribution in [-0.2, 0) is 4.74 Å². The van der Waals surface area contributed by atoms with Crippen molar-refractivity contribution in [2.24, 2.45) is 11.8 Å². The van der Waals surface area contributed by atoms with Gasteiger partial charge in [0.1, 0.15) is 5.60 Å². The minimum atomic E-state index is -0.382. The third-order valence-corrected chi connectivity index (χ3v) is 3.04. The summed E-state index contributed by atoms with van der Waals surface area (Å²) < 4.78 is 5.35. The first-order valence-electron chi connectivity index (χ1n) is 5.64. The molecule has 2 saturated heterocycles. The van der Waals surface area contributed by atoms with Crippen LogP contribution in [0.15, 0.2) is 0 Å². The highest BCUT2D eigenvalue weighted by Gasteiger charge is 2.39. The topological polar surface area (TPSA) is 41.6 Å². The van der Waals surface area contributed by atoms with Gasteiger partial charge in [-0.05, 0) is 32.6 Å². The Bertz CT molecular complexity index is 248. The van der Waals surface area contributed by atoms with Crippen LogP contribution in [0.25, 0.3) is 0 Å². The molecular weight excluding hydrogens is 192 g/mol. The van der Waals surface area contributed by atoms with Crippen LogP contribution in [0.3, 0.4) is 0 Å². The lowest BCUT2D eigenvalue weighted by Crippen LogP contribution is -2.36. The van der Waals surface area contributed by atoms with Crippen LogP contribution >= 0.6 is 0 Å². The van der Waals surface area contributed by atoms with Crippen molar-refractivity contribution in [2.45, 2.75) is 26.4 Å². The Labute approximate surface area is 91.0 Å². The van der Waals surface area contributed by atoms with Crippen LogP contribution in [0.2, 0.25) is 0 Å². The van der Waals surface area contributed by atoms with Gasteiger partial charge in [-0.1, -0.05) is 0 Å². The lowest BCUT2D eigenvalue weighted by Gasteiger charge is -2.24. The molecule has 86 valence electrons. The van der Waals surface area contributed by atoms with E-state index in [0.717, 1.165) is 26.2 Å². The summed E-state index contributed by atoms with van der Waals surface area (Å²) in [5.74, 6) is 1.27. The second-order valence-corrected chi connectivity index (χ2v) is 5.56. The number of hydrogen-bond acceptors (Lipinski definition) is 3. The van der Waals surface area contributed by atoms with Crippen LogP contribution in [0, 0.1) is 11.8 Å². The summed E-state index contributed by atoms with van der Waals surface area (Å²) in [6.45, 7) is 9.52. The summed E-state index contributed by atoms with van der Waals surface area (Å²) in [6, 6.07) is 0. The zero-order valence-corrected chi connectivity index (χ0v) is 9.75. The van der Waals surface area contributed by atoms with Gasteiger partial charge in [0, 0.05) is 26.2 Å². The fourth-order valence-corrected chi connectivity index (χ4v) is 2.33. The average molecular weight is 212 g/mol. The van der Waals surface area contributed by atoms with Crippen LogP contribution in [0.5, 0.6) is 0 Å². The Morgan fingerprint density at radius 1 is 1.27 bits per heavy atom. The summed E-state index contributed by atoms with van der Waals surface area (Å²) >= 11 is 0. The third-order valence-electron chi connectivity index (χ3n) is 3.04. The molecule has 0 aromatic rings. The fraction of sp³-hybridized carbons (Fsp3) is 0.909. The molecule has 2 rings (SSSR count). The fourth-order valence-electron chi connectivity index (χ4n) is 2.33. The first-order valence-corrected chi connectivity index (χ1v) is 5.64. The number of amides is 1. The maximum absolute atomic E-state index is 11.8. The van der Waals surface area contributed by atoms with E-state index in [9.17, 15) is 4.79 Å². The number of carbonyl (C=O) groups is 1. The van der Waals surface area contributed by atoms with Gasteiger partial charge in [-0.2, -0.15) is 0 Å². The van der Waals surface area contributed by atoms with E-state index in [2.05, 4.69) is 5.32 Å². The van der Waals surface area contributed by atoms with E-state index in [0.29, 0.717) is 11.8 Å². The molecule has 1 unspecified atom stereocenters. The van der Waals surface area contributed by atoms with Gasteiger partial charge >= 0.3 is 6.09 Å². The maximum atomic E-state index is 11.8. The predicted molar refractivity (Wildman–Crippen MR) is 57.7 cm³/mol. The normalized spacial score (nSPS) is 30.5. The number of likely N-dealkylation sites (tertiary alicyclic amines) is 1. The molecule has 0 aromatic carbocycles. The molecule has 0 aromatic heterocycles. The molecule has 2 aliphatic heterocycles. The third kappa shape index (κ3) is 2.43. The Morgan fingerprint density at radius 2 is 1.80 bits per heavy atom. The number of fused-ring (bicyclic) bond motifs is 1. The van der Waals surface area contributed by atoms with Crippen molar-refractivity contribution < 1.29 is 9.53 Å². The molecule has 2 fully saturated rings. The highest BCUT2D eigenvalue weighted by atomic mass is 16.6. The second-order valence-electron chi connectivity index (χ2n) is 5.56. The van der Waals surface area contributed by atoms with Gasteiger partial charge in [0.15, 0.2) is 0 Å². The molecule has 0 aliphatic carbocycles. The SMILES string of the molecule is CC(C)(C)OC(=O)N1CC2CNC[C@@H]2C1. The standard InChI is InChI=1S/C11H20N2O2/c1-11(2,3)15-10(14)13-6-8-4-12-5-9(8)7-13/h8-9,12H,4-7H2,1-3H3/t8-,9?/m1/s1. The summed E-state index contributed by atoms with van der Waals surface area (Å²) in [5, 5.41) is 3.35. The molecule has 0 saturated carbocycles. The number of nitrogens with one attached hydrogen (secondary N) is 1. The summed E-state index contributed by atoms with van der Waals surface area (Å²) in [5.41, 5.74) is -0.382. The number of carbonyl (C=O) groups excluding carboxylic acids is 1. The summed E-state index contributed by atoms with van der Waals surface area (Å²) in [6.07, 6.45) is -0.156. The van der Waals surface area contributed by atoms with Crippen LogP contribution in [-0.4, -0.2) is 42.8 Å². The average Bonchev–Trinajstić information content (AvgIpc) is 2.56. The first-order chi connectivity index (χ1) is 6.96. The maximum Gasteiger partial charge on any atom is 0.410 e. The van der Waals surface area contributed by atoms with Gasteiger partial charge in [0.25, 0.3) is 0 Å². The van der Waals surface area contributed by atoms with Gasteiger partial charge in [0.2, 0.25) is 0 Å². The lowest BCUT2D eigenvalue weighted by atomic mass is 10.0. The Balaban J connectivity index is 1.88. The Kier molecular flexibility index (Phi) is 2.63. The van der Waals surface area contributed by atoms with E-state index in [1.165, 1.54) is 0 Å². The van der Waals surface area contributed by atoms with Crippen molar-refractivity contribution in [3.05, 3.63) is 0 Å². The van der Waals surface area contributed by atoms with E-state index < -0.39 is 0 Å². The van der Waals surface area contributed by atoms with Gasteiger partial charge in [-0.15, -0.1) is 0 Å². The number of rotatable bonds is 0. The molecule has 0 bridgehead atoms. The molecule has 2 heterocycles. The van der Waals surface area contributed by atoms with Crippen molar-refractivity contribution in [1.29, 1.82) is 0 Å². The Hall–Kier alpha value is -0.770. The molecule has 0 spiro atoms. The van der Waals surface area contributed by atoms with Crippen LogP contribution < -0.4 is 5.32 Å². The van der Waals surface area contributed by atoms with E-state index in [1.807, 2.05) is 25.7 Å². The molecule has 1 N–H and O–H groups in total. The number of hydrogen-bond donors (Lipinski definition) is 1. The quantitative estimate of drug-likeness (QED) is 0.653. The number of ether oxygens (including phenoxy) is 1. The molecule has 4 heteroatoms. The largest absolute Gasteiger partial charge is 0.444 e. The van der Waals surface area contributed by atoms with E-state index in [1.54, 1.807) is 0 Å². The molecule has 2 aliphatic rings. The minimum Gasteiger partial charge on any atom is -0.444 e. The van der Waals surface area contributed by atoms with Crippen LogP contribution in [0.4, 0.5) is 4.79 Å². The summed E-state index contributed by atoms with van der Waals surface area (Å²) in [7, 11) is 0. The molecule has 1 amide bonds. The summed E-state index contributed by atoms with van der Waals surface area (Å²) in [4.78, 5) is 13.6. The van der Waals surface area contributed by atoms with Gasteiger partial charge in [-0.25, -0.2) is 4.79 Å². The minimum absolute atomic E-state index is 0.156. The zero-order valence-electron chi connectivity index (χ0n) is 9.75. The second kappa shape index (κ2) is 3.67. The molecule has 15 heavy (non-hydrogen) atoms. The zero-order chi connectivity index (χ0) is 11.1. The molecule has 0 radical (unpaired) electrons. The smallest absolute Gasteiger partial charge is 0.410 e. The van der Waals surface area contributed by atoms with Crippen molar-refractivity contribution in [3.8, 4) is 0 Å². The molecular formula is C11H20N2O2. The first kappa shape index (κ1) is 10.7. The molecule has 2 atom stereocenters. The van der Waals surface area contributed by atoms with Crippen molar-refractivity contribution >= 4 is 6.09 Å². The lowest BCUT2D eigenvalue weighted by molar-refractivity contribution is 0.0281. The van der Waals surface area contributed by atoms with Crippen LogP contribution in [0.1, 0.15) is 20.8 Å². The van der Waals surface area contributed by atoms with Crippen molar-refractivity contribution in [1.82, 2.24) is 10.2 Å². The monoisotopic (exact) mass is 212 g/mol. The van der Waals surface area contributed by atoms with E-state index >= 15 is 0 Å². The highest BCUT2D eigenvalue weighted by Crippen LogP contribution is 2.27. The molecule has 4 nitrogen and oxygen atoms in total. The predicted octanol–water partition coefficient (Wildman–Crippen LogP) is 1.07. The van der Waals surface area contributed by atoms with Gasteiger partial charge in [0.05, 0.1) is 0 Å². The number of nitrogens with zero attached hydrogens (tertiary/aromatic N) is 1. The Morgan fingerprint density at radius 3 is 2.27 bits per heavy atom. The van der Waals surface area contributed by atoms with Crippen molar-refractivity contribution in [3.63, 3.8) is 0 Å². The van der Waals surface area contributed by atoms with Gasteiger partial charge < -0.3 is 15.0 Å². The van der Waals surface area contributed by atoms with Crippen molar-refractivity contribution in [2.75, 3.05) is 26.2 Å². The highest BCUT2D eigenvalue weighted by molar-refractivity contribution is 5.68. The van der Waals surface area contributed by atoms with E-state index in [-0.39, 0.29) is 11.7 Å². The van der Waals surface area contributed by atoms with E-state index in [4.69, 9.17) is 4.74 Å².